The summed E-state index contributed by atoms with van der Waals surface area (Å²) in [7, 11) is 0. The number of benzene rings is 1. The van der Waals surface area contributed by atoms with Crippen molar-refractivity contribution in [3.8, 4) is 9.88 Å². The van der Waals surface area contributed by atoms with Crippen molar-refractivity contribution in [2.75, 3.05) is 5.32 Å². The van der Waals surface area contributed by atoms with Crippen LogP contribution in [0.25, 0.3) is 9.88 Å². The molecule has 2 heterocycles. The quantitative estimate of drug-likeness (QED) is 0.573. The summed E-state index contributed by atoms with van der Waals surface area (Å²) in [6, 6.07) is 8.06. The summed E-state index contributed by atoms with van der Waals surface area (Å²) in [6.45, 7) is 1.59. The molecule has 0 radical (unpaired) electrons. The topological polar surface area (TPSA) is 98.0 Å². The van der Waals surface area contributed by atoms with Gasteiger partial charge in [-0.05, 0) is 30.5 Å². The molecule has 9 heteroatoms. The number of aryl methyl sites for hydroxylation is 1. The Balaban J connectivity index is 1.77. The normalized spacial score (nSPS) is 10.5. The number of carbonyl (C=O) groups is 1. The fourth-order valence-electron chi connectivity index (χ4n) is 1.94. The number of hydrogen-bond acceptors (Lipinski definition) is 7. The van der Waals surface area contributed by atoms with Crippen LogP contribution in [0.15, 0.2) is 35.7 Å². The molecule has 1 amide bonds. The highest BCUT2D eigenvalue weighted by molar-refractivity contribution is 7.23. The van der Waals surface area contributed by atoms with Gasteiger partial charge in [-0.25, -0.2) is 0 Å². The SMILES string of the molecule is Cc1cc(C(=O)Nc2nnc(-c3cccs3)s2)ccc1[N+](=O)[O-]. The Morgan fingerprint density at radius 1 is 1.30 bits per heavy atom. The zero-order chi connectivity index (χ0) is 16.4. The smallest absolute Gasteiger partial charge is 0.272 e. The third kappa shape index (κ3) is 3.25. The molecular weight excluding hydrogens is 336 g/mol. The summed E-state index contributed by atoms with van der Waals surface area (Å²) in [5.41, 5.74) is 0.748. The number of carbonyl (C=O) groups excluding carboxylic acids is 1. The number of aromatic nitrogens is 2. The molecule has 2 aromatic heterocycles. The Morgan fingerprint density at radius 2 is 2.13 bits per heavy atom. The summed E-state index contributed by atoms with van der Waals surface area (Å²) in [5, 5.41) is 24.5. The molecule has 23 heavy (non-hydrogen) atoms. The predicted octanol–water partition coefficient (Wildman–Crippen LogP) is 3.74. The number of amides is 1. The lowest BCUT2D eigenvalue weighted by atomic mass is 10.1. The number of nitrogens with zero attached hydrogens (tertiary/aromatic N) is 3. The van der Waals surface area contributed by atoms with Gasteiger partial charge < -0.3 is 0 Å². The van der Waals surface area contributed by atoms with Crippen LogP contribution in [0.2, 0.25) is 0 Å². The van der Waals surface area contributed by atoms with Crippen LogP contribution in [0, 0.1) is 17.0 Å². The van der Waals surface area contributed by atoms with Gasteiger partial charge in [-0.3, -0.25) is 20.2 Å². The van der Waals surface area contributed by atoms with Gasteiger partial charge >= 0.3 is 0 Å². The Labute approximate surface area is 138 Å². The molecule has 0 atom stereocenters. The first-order valence-corrected chi connectivity index (χ1v) is 8.18. The number of hydrogen-bond donors (Lipinski definition) is 1. The fourth-order valence-corrected chi connectivity index (χ4v) is 3.48. The van der Waals surface area contributed by atoms with Gasteiger partial charge in [-0.15, -0.1) is 21.5 Å². The van der Waals surface area contributed by atoms with Crippen molar-refractivity contribution >= 4 is 39.4 Å². The van der Waals surface area contributed by atoms with Crippen LogP contribution in [0.4, 0.5) is 10.8 Å². The molecule has 116 valence electrons. The average molecular weight is 346 g/mol. The average Bonchev–Trinajstić information content (AvgIpc) is 3.17. The Hall–Kier alpha value is -2.65. The van der Waals surface area contributed by atoms with Gasteiger partial charge in [0.2, 0.25) is 5.13 Å². The highest BCUT2D eigenvalue weighted by Gasteiger charge is 2.15. The maximum absolute atomic E-state index is 12.2. The molecule has 3 rings (SSSR count). The molecule has 0 bridgehead atoms. The van der Waals surface area contributed by atoms with E-state index in [9.17, 15) is 14.9 Å². The lowest BCUT2D eigenvalue weighted by Gasteiger charge is -2.03. The molecule has 7 nitrogen and oxygen atoms in total. The summed E-state index contributed by atoms with van der Waals surface area (Å²) >= 11 is 2.82. The molecule has 3 aromatic rings. The summed E-state index contributed by atoms with van der Waals surface area (Å²) < 4.78 is 0. The van der Waals surface area contributed by atoms with Crippen molar-refractivity contribution in [2.45, 2.75) is 6.92 Å². The second-order valence-electron chi connectivity index (χ2n) is 4.60. The highest BCUT2D eigenvalue weighted by atomic mass is 32.1. The second kappa shape index (κ2) is 6.23. The molecule has 0 saturated carbocycles. The number of rotatable bonds is 4. The van der Waals surface area contributed by atoms with Crippen LogP contribution in [0.1, 0.15) is 15.9 Å². The van der Waals surface area contributed by atoms with Gasteiger partial charge in [0.05, 0.1) is 9.80 Å². The lowest BCUT2D eigenvalue weighted by Crippen LogP contribution is -2.12. The third-order valence-corrected chi connectivity index (χ3v) is 4.91. The zero-order valence-corrected chi connectivity index (χ0v) is 13.5. The molecule has 0 aliphatic carbocycles. The van der Waals surface area contributed by atoms with Crippen LogP contribution >= 0.6 is 22.7 Å². The van der Waals surface area contributed by atoms with Crippen LogP contribution in [-0.4, -0.2) is 21.0 Å². The van der Waals surface area contributed by atoms with E-state index in [1.165, 1.54) is 29.5 Å². The van der Waals surface area contributed by atoms with E-state index in [0.29, 0.717) is 16.3 Å². The van der Waals surface area contributed by atoms with Gasteiger partial charge in [0, 0.05) is 17.2 Å². The molecular formula is C14H10N4O3S2. The molecule has 0 aliphatic heterocycles. The lowest BCUT2D eigenvalue weighted by molar-refractivity contribution is -0.385. The summed E-state index contributed by atoms with van der Waals surface area (Å²) in [4.78, 5) is 23.5. The largest absolute Gasteiger partial charge is 0.296 e. The number of nitro benzene ring substituents is 1. The number of thiophene rings is 1. The van der Waals surface area contributed by atoms with Crippen molar-refractivity contribution in [3.05, 3.63) is 57.0 Å². The Morgan fingerprint density at radius 3 is 2.78 bits per heavy atom. The van der Waals surface area contributed by atoms with Crippen LogP contribution in [0.5, 0.6) is 0 Å². The number of nitrogens with one attached hydrogen (secondary N) is 1. The van der Waals surface area contributed by atoms with E-state index in [4.69, 9.17) is 0 Å². The first kappa shape index (κ1) is 15.3. The first-order chi connectivity index (χ1) is 11.0. The van der Waals surface area contributed by atoms with Gasteiger partial charge in [0.1, 0.15) is 0 Å². The van der Waals surface area contributed by atoms with Crippen LogP contribution in [0.3, 0.4) is 0 Å². The van der Waals surface area contributed by atoms with E-state index >= 15 is 0 Å². The van der Waals surface area contributed by atoms with Crippen LogP contribution in [-0.2, 0) is 0 Å². The van der Waals surface area contributed by atoms with Gasteiger partial charge in [0.25, 0.3) is 11.6 Å². The molecule has 1 N–H and O–H groups in total. The van der Waals surface area contributed by atoms with Gasteiger partial charge in [0.15, 0.2) is 5.01 Å². The predicted molar refractivity (Wildman–Crippen MR) is 89.0 cm³/mol. The molecule has 0 saturated heterocycles. The summed E-state index contributed by atoms with van der Waals surface area (Å²) in [6.07, 6.45) is 0. The molecule has 0 aliphatic rings. The Bertz CT molecular complexity index is 874. The van der Waals surface area contributed by atoms with E-state index < -0.39 is 4.92 Å². The standard InChI is InChI=1S/C14H10N4O3S2/c1-8-7-9(4-5-10(8)18(20)21)12(19)15-14-17-16-13(23-14)11-3-2-6-22-11/h2-7H,1H3,(H,15,17,19). The second-order valence-corrected chi connectivity index (χ2v) is 6.53. The number of nitro groups is 1. The van der Waals surface area contributed by atoms with Crippen molar-refractivity contribution in [1.29, 1.82) is 0 Å². The van der Waals surface area contributed by atoms with E-state index in [1.807, 2.05) is 17.5 Å². The van der Waals surface area contributed by atoms with Crippen molar-refractivity contribution in [2.24, 2.45) is 0 Å². The van der Waals surface area contributed by atoms with E-state index in [0.717, 1.165) is 9.88 Å². The minimum Gasteiger partial charge on any atom is -0.296 e. The zero-order valence-electron chi connectivity index (χ0n) is 11.8. The summed E-state index contributed by atoms with van der Waals surface area (Å²) in [5.74, 6) is -0.378. The van der Waals surface area contributed by atoms with Crippen molar-refractivity contribution in [1.82, 2.24) is 10.2 Å². The maximum Gasteiger partial charge on any atom is 0.272 e. The maximum atomic E-state index is 12.2. The Kier molecular flexibility index (Phi) is 4.13. The third-order valence-electron chi connectivity index (χ3n) is 3.03. The van der Waals surface area contributed by atoms with E-state index in [2.05, 4.69) is 15.5 Å². The first-order valence-electron chi connectivity index (χ1n) is 6.48. The molecule has 0 unspecified atom stereocenters. The van der Waals surface area contributed by atoms with Crippen molar-refractivity contribution in [3.63, 3.8) is 0 Å². The molecule has 0 fully saturated rings. The van der Waals surface area contributed by atoms with Crippen molar-refractivity contribution < 1.29 is 9.72 Å². The van der Waals surface area contributed by atoms with E-state index in [-0.39, 0.29) is 11.6 Å². The monoisotopic (exact) mass is 346 g/mol. The minimum absolute atomic E-state index is 0.0163. The van der Waals surface area contributed by atoms with E-state index in [1.54, 1.807) is 18.3 Å². The highest BCUT2D eigenvalue weighted by Crippen LogP contribution is 2.30. The number of anilines is 1. The fraction of sp³-hybridized carbons (Fsp3) is 0.0714. The van der Waals surface area contributed by atoms with Crippen LogP contribution < -0.4 is 5.32 Å². The van der Waals surface area contributed by atoms with Gasteiger partial charge in [-0.1, -0.05) is 17.4 Å². The van der Waals surface area contributed by atoms with Gasteiger partial charge in [-0.2, -0.15) is 0 Å². The molecule has 1 aromatic carbocycles. The minimum atomic E-state index is -0.477. The molecule has 0 spiro atoms.